The maximum Gasteiger partial charge on any atom is 0.122 e. The molecule has 1 heterocycles. The van der Waals surface area contributed by atoms with E-state index >= 15 is 0 Å². The summed E-state index contributed by atoms with van der Waals surface area (Å²) in [6, 6.07) is 16.1. The zero-order valence-corrected chi connectivity index (χ0v) is 16.0. The van der Waals surface area contributed by atoms with E-state index in [9.17, 15) is 5.11 Å². The van der Waals surface area contributed by atoms with Crippen LogP contribution in [0.5, 0.6) is 5.75 Å². The van der Waals surface area contributed by atoms with Gasteiger partial charge in [0.25, 0.3) is 0 Å². The Balaban J connectivity index is 1.76. The van der Waals surface area contributed by atoms with Gasteiger partial charge in [0.05, 0.1) is 17.6 Å². The number of nitrogens with zero attached hydrogens (tertiary/aromatic N) is 2. The number of aliphatic hydroxyl groups excluding tert-OH is 1. The predicted octanol–water partition coefficient (Wildman–Crippen LogP) is 4.72. The molecule has 1 aromatic heterocycles. The summed E-state index contributed by atoms with van der Waals surface area (Å²) in [6.07, 6.45) is -0.606. The minimum atomic E-state index is -0.606. The molecule has 4 heteroatoms. The number of aromatic nitrogens is 2. The first-order valence-corrected chi connectivity index (χ1v) is 9.32. The lowest BCUT2D eigenvalue weighted by Crippen LogP contribution is -2.25. The molecule has 3 aromatic rings. The molecule has 0 fully saturated rings. The number of benzene rings is 2. The SMILES string of the molecule is CC(C)c1ccccc1OCC(O)Cn1c(C(C)C)nc2ccccc21. The molecule has 138 valence electrons. The molecule has 0 aliphatic heterocycles. The van der Waals surface area contributed by atoms with Crippen LogP contribution in [0.2, 0.25) is 0 Å². The summed E-state index contributed by atoms with van der Waals surface area (Å²) in [4.78, 5) is 4.73. The Morgan fingerprint density at radius 1 is 0.962 bits per heavy atom. The number of imidazole rings is 1. The van der Waals surface area contributed by atoms with E-state index in [-0.39, 0.29) is 12.5 Å². The van der Waals surface area contributed by atoms with Crippen LogP contribution in [0.25, 0.3) is 11.0 Å². The molecule has 1 N–H and O–H groups in total. The molecular weight excluding hydrogens is 324 g/mol. The van der Waals surface area contributed by atoms with Gasteiger partial charge in [-0.2, -0.15) is 0 Å². The van der Waals surface area contributed by atoms with Gasteiger partial charge in [-0.3, -0.25) is 0 Å². The van der Waals surface area contributed by atoms with Crippen LogP contribution >= 0.6 is 0 Å². The van der Waals surface area contributed by atoms with Crippen molar-refractivity contribution in [2.75, 3.05) is 6.61 Å². The summed E-state index contributed by atoms with van der Waals surface area (Å²) in [7, 11) is 0. The normalized spacial score (nSPS) is 12.9. The van der Waals surface area contributed by atoms with Crippen molar-refractivity contribution in [2.24, 2.45) is 0 Å². The van der Waals surface area contributed by atoms with Crippen LogP contribution in [0, 0.1) is 0 Å². The van der Waals surface area contributed by atoms with E-state index in [4.69, 9.17) is 9.72 Å². The van der Waals surface area contributed by atoms with Crippen molar-refractivity contribution in [2.45, 2.75) is 52.2 Å². The van der Waals surface area contributed by atoms with Crippen LogP contribution in [0.1, 0.15) is 50.9 Å². The number of aliphatic hydroxyl groups is 1. The summed E-state index contributed by atoms with van der Waals surface area (Å²) >= 11 is 0. The van der Waals surface area contributed by atoms with Gasteiger partial charge in [-0.15, -0.1) is 0 Å². The third-order valence-corrected chi connectivity index (χ3v) is 4.57. The quantitative estimate of drug-likeness (QED) is 0.669. The highest BCUT2D eigenvalue weighted by molar-refractivity contribution is 5.76. The molecule has 0 bridgehead atoms. The van der Waals surface area contributed by atoms with Crippen molar-refractivity contribution in [3.63, 3.8) is 0 Å². The van der Waals surface area contributed by atoms with Gasteiger partial charge in [0, 0.05) is 5.92 Å². The van der Waals surface area contributed by atoms with Crippen molar-refractivity contribution < 1.29 is 9.84 Å². The average molecular weight is 352 g/mol. The highest BCUT2D eigenvalue weighted by Crippen LogP contribution is 2.26. The second-order valence-electron chi connectivity index (χ2n) is 7.38. The lowest BCUT2D eigenvalue weighted by molar-refractivity contribution is 0.0919. The van der Waals surface area contributed by atoms with E-state index in [1.54, 1.807) is 0 Å². The molecule has 0 spiro atoms. The van der Waals surface area contributed by atoms with Gasteiger partial charge in [0.15, 0.2) is 0 Å². The van der Waals surface area contributed by atoms with Crippen LogP contribution < -0.4 is 4.74 Å². The zero-order valence-electron chi connectivity index (χ0n) is 16.0. The van der Waals surface area contributed by atoms with Crippen molar-refractivity contribution in [1.29, 1.82) is 0 Å². The molecular formula is C22H28N2O2. The number of fused-ring (bicyclic) bond motifs is 1. The second-order valence-corrected chi connectivity index (χ2v) is 7.38. The van der Waals surface area contributed by atoms with E-state index in [2.05, 4.69) is 44.4 Å². The topological polar surface area (TPSA) is 47.3 Å². The minimum Gasteiger partial charge on any atom is -0.491 e. The molecule has 26 heavy (non-hydrogen) atoms. The Labute approximate surface area is 155 Å². The summed E-state index contributed by atoms with van der Waals surface area (Å²) in [5, 5.41) is 10.6. The van der Waals surface area contributed by atoms with E-state index in [0.29, 0.717) is 12.5 Å². The fraction of sp³-hybridized carbons (Fsp3) is 0.409. The van der Waals surface area contributed by atoms with E-state index in [1.165, 1.54) is 0 Å². The van der Waals surface area contributed by atoms with Crippen LogP contribution in [-0.2, 0) is 6.54 Å². The van der Waals surface area contributed by atoms with E-state index in [1.807, 2.05) is 36.4 Å². The molecule has 0 aliphatic carbocycles. The van der Waals surface area contributed by atoms with Crippen LogP contribution in [0.15, 0.2) is 48.5 Å². The second kappa shape index (κ2) is 7.92. The van der Waals surface area contributed by atoms with Crippen molar-refractivity contribution in [1.82, 2.24) is 9.55 Å². The van der Waals surface area contributed by atoms with Gasteiger partial charge in [0.1, 0.15) is 24.3 Å². The van der Waals surface area contributed by atoms with Crippen LogP contribution in [0.4, 0.5) is 0 Å². The van der Waals surface area contributed by atoms with Gasteiger partial charge in [0.2, 0.25) is 0 Å². The number of rotatable bonds is 7. The molecule has 0 saturated heterocycles. The van der Waals surface area contributed by atoms with Crippen LogP contribution in [-0.4, -0.2) is 27.4 Å². The van der Waals surface area contributed by atoms with Gasteiger partial charge in [-0.1, -0.05) is 58.0 Å². The first-order valence-electron chi connectivity index (χ1n) is 9.32. The summed E-state index contributed by atoms with van der Waals surface area (Å²) in [5.41, 5.74) is 3.18. The molecule has 0 aliphatic rings. The summed E-state index contributed by atoms with van der Waals surface area (Å²) < 4.78 is 8.05. The Kier molecular flexibility index (Phi) is 5.62. The molecule has 0 radical (unpaired) electrons. The maximum absolute atomic E-state index is 10.6. The first kappa shape index (κ1) is 18.5. The fourth-order valence-electron chi connectivity index (χ4n) is 3.27. The molecule has 4 nitrogen and oxygen atoms in total. The summed E-state index contributed by atoms with van der Waals surface area (Å²) in [6.45, 7) is 9.26. The third-order valence-electron chi connectivity index (χ3n) is 4.57. The molecule has 2 aromatic carbocycles. The fourth-order valence-corrected chi connectivity index (χ4v) is 3.27. The van der Waals surface area contributed by atoms with Gasteiger partial charge in [-0.25, -0.2) is 4.98 Å². The number of hydrogen-bond acceptors (Lipinski definition) is 3. The molecule has 0 amide bonds. The van der Waals surface area contributed by atoms with Gasteiger partial charge >= 0.3 is 0 Å². The van der Waals surface area contributed by atoms with E-state index in [0.717, 1.165) is 28.2 Å². The average Bonchev–Trinajstić information content (AvgIpc) is 2.99. The van der Waals surface area contributed by atoms with Gasteiger partial charge < -0.3 is 14.4 Å². The summed E-state index contributed by atoms with van der Waals surface area (Å²) in [5.74, 6) is 2.51. The zero-order chi connectivity index (χ0) is 18.7. The number of para-hydroxylation sites is 3. The Morgan fingerprint density at radius 2 is 1.65 bits per heavy atom. The van der Waals surface area contributed by atoms with E-state index < -0.39 is 6.10 Å². The van der Waals surface area contributed by atoms with Crippen LogP contribution in [0.3, 0.4) is 0 Å². The predicted molar refractivity (Wildman–Crippen MR) is 106 cm³/mol. The van der Waals surface area contributed by atoms with Crippen molar-refractivity contribution in [3.05, 3.63) is 59.9 Å². The Bertz CT molecular complexity index is 867. The molecule has 3 rings (SSSR count). The molecule has 1 unspecified atom stereocenters. The third kappa shape index (κ3) is 3.91. The standard InChI is InChI=1S/C22H28N2O2/c1-15(2)18-9-5-8-12-21(18)26-14-17(25)13-24-20-11-7-6-10-19(20)23-22(24)16(3)4/h5-12,15-17,25H,13-14H2,1-4H3. The highest BCUT2D eigenvalue weighted by atomic mass is 16.5. The number of hydrogen-bond donors (Lipinski definition) is 1. The first-order chi connectivity index (χ1) is 12.5. The lowest BCUT2D eigenvalue weighted by Gasteiger charge is -2.19. The Hall–Kier alpha value is -2.33. The van der Waals surface area contributed by atoms with Crippen molar-refractivity contribution >= 4 is 11.0 Å². The molecule has 0 saturated carbocycles. The van der Waals surface area contributed by atoms with Gasteiger partial charge in [-0.05, 0) is 29.7 Å². The number of ether oxygens (including phenoxy) is 1. The smallest absolute Gasteiger partial charge is 0.122 e. The van der Waals surface area contributed by atoms with Crippen molar-refractivity contribution in [3.8, 4) is 5.75 Å². The minimum absolute atomic E-state index is 0.258. The maximum atomic E-state index is 10.6. The highest BCUT2D eigenvalue weighted by Gasteiger charge is 2.17. The largest absolute Gasteiger partial charge is 0.491 e. The lowest BCUT2D eigenvalue weighted by atomic mass is 10.0. The molecule has 1 atom stereocenters. The Morgan fingerprint density at radius 3 is 2.38 bits per heavy atom. The monoisotopic (exact) mass is 352 g/mol.